The van der Waals surface area contributed by atoms with Crippen molar-refractivity contribution in [3.63, 3.8) is 0 Å². The third-order valence-corrected chi connectivity index (χ3v) is 4.12. The highest BCUT2D eigenvalue weighted by Crippen LogP contribution is 2.21. The number of halogens is 2. The Morgan fingerprint density at radius 1 is 1.24 bits per heavy atom. The molecule has 3 nitrogen and oxygen atoms in total. The number of alkyl halides is 2. The Bertz CT molecular complexity index is 634. The van der Waals surface area contributed by atoms with Crippen molar-refractivity contribution in [2.75, 3.05) is 0 Å². The Hall–Kier alpha value is -0.680. The van der Waals surface area contributed by atoms with Gasteiger partial charge in [-0.1, -0.05) is 31.9 Å². The average Bonchev–Trinajstić information content (AvgIpc) is 2.34. The molecule has 0 aliphatic carbocycles. The van der Waals surface area contributed by atoms with Crippen LogP contribution in [0.4, 0.5) is 0 Å². The first-order valence-corrected chi connectivity index (χ1v) is 7.44. The summed E-state index contributed by atoms with van der Waals surface area (Å²) < 4.78 is 1.58. The standard InChI is InChI=1S/C12H12Br2N2O/c1-7-15-11-4-9(6-14)8(5-13)3-10(11)12(17)16(7)2/h3-4H,5-6H2,1-2H3. The van der Waals surface area contributed by atoms with Gasteiger partial charge >= 0.3 is 0 Å². The van der Waals surface area contributed by atoms with Crippen LogP contribution in [0.5, 0.6) is 0 Å². The van der Waals surface area contributed by atoms with E-state index in [-0.39, 0.29) is 5.56 Å². The van der Waals surface area contributed by atoms with E-state index in [0.717, 1.165) is 33.1 Å². The largest absolute Gasteiger partial charge is 0.299 e. The Morgan fingerprint density at radius 3 is 2.41 bits per heavy atom. The van der Waals surface area contributed by atoms with Crippen molar-refractivity contribution < 1.29 is 0 Å². The molecule has 0 amide bonds. The zero-order valence-corrected chi connectivity index (χ0v) is 12.8. The van der Waals surface area contributed by atoms with Crippen LogP contribution in [0.25, 0.3) is 10.9 Å². The third-order valence-electron chi connectivity index (χ3n) is 2.91. The van der Waals surface area contributed by atoms with E-state index < -0.39 is 0 Å². The zero-order chi connectivity index (χ0) is 12.6. The molecule has 1 aromatic carbocycles. The molecule has 17 heavy (non-hydrogen) atoms. The lowest BCUT2D eigenvalue weighted by Gasteiger charge is -2.09. The molecule has 0 aliphatic heterocycles. The summed E-state index contributed by atoms with van der Waals surface area (Å²) in [4.78, 5) is 16.6. The quantitative estimate of drug-likeness (QED) is 0.772. The molecule has 0 saturated heterocycles. The van der Waals surface area contributed by atoms with E-state index in [0.29, 0.717) is 5.39 Å². The summed E-state index contributed by atoms with van der Waals surface area (Å²) in [6, 6.07) is 3.91. The molecule has 1 aromatic heterocycles. The predicted molar refractivity (Wildman–Crippen MR) is 77.0 cm³/mol. The summed E-state index contributed by atoms with van der Waals surface area (Å²) in [6.07, 6.45) is 0. The minimum Gasteiger partial charge on any atom is -0.299 e. The highest BCUT2D eigenvalue weighted by molar-refractivity contribution is 9.09. The lowest BCUT2D eigenvalue weighted by Crippen LogP contribution is -2.20. The van der Waals surface area contributed by atoms with Crippen molar-refractivity contribution >= 4 is 42.8 Å². The van der Waals surface area contributed by atoms with Crippen LogP contribution >= 0.6 is 31.9 Å². The van der Waals surface area contributed by atoms with E-state index in [1.165, 1.54) is 0 Å². The van der Waals surface area contributed by atoms with E-state index in [2.05, 4.69) is 36.8 Å². The summed E-state index contributed by atoms with van der Waals surface area (Å²) >= 11 is 6.90. The van der Waals surface area contributed by atoms with Crippen LogP contribution < -0.4 is 5.56 Å². The molecular formula is C12H12Br2N2O. The minimum absolute atomic E-state index is 0.0100. The highest BCUT2D eigenvalue weighted by atomic mass is 79.9. The molecule has 5 heteroatoms. The first-order chi connectivity index (χ1) is 8.08. The van der Waals surface area contributed by atoms with Gasteiger partial charge in [0.1, 0.15) is 5.82 Å². The molecule has 90 valence electrons. The first-order valence-electron chi connectivity index (χ1n) is 5.19. The number of aromatic nitrogens is 2. The van der Waals surface area contributed by atoms with E-state index >= 15 is 0 Å². The molecule has 1 heterocycles. The maximum Gasteiger partial charge on any atom is 0.261 e. The predicted octanol–water partition coefficient (Wildman–Crippen LogP) is 3.03. The summed E-state index contributed by atoms with van der Waals surface area (Å²) in [5.74, 6) is 0.731. The monoisotopic (exact) mass is 358 g/mol. The number of aryl methyl sites for hydroxylation is 1. The molecule has 0 fully saturated rings. The van der Waals surface area contributed by atoms with Crippen LogP contribution in [-0.4, -0.2) is 9.55 Å². The molecule has 0 aliphatic rings. The van der Waals surface area contributed by atoms with Gasteiger partial charge in [-0.05, 0) is 30.2 Å². The smallest absolute Gasteiger partial charge is 0.261 e. The van der Waals surface area contributed by atoms with E-state index in [1.807, 2.05) is 19.1 Å². The lowest BCUT2D eigenvalue weighted by atomic mass is 10.1. The van der Waals surface area contributed by atoms with E-state index in [1.54, 1.807) is 11.6 Å². The number of nitrogens with zero attached hydrogens (tertiary/aromatic N) is 2. The van der Waals surface area contributed by atoms with E-state index in [4.69, 9.17) is 0 Å². The van der Waals surface area contributed by atoms with Gasteiger partial charge in [-0.15, -0.1) is 0 Å². The van der Waals surface area contributed by atoms with Gasteiger partial charge in [-0.3, -0.25) is 9.36 Å². The molecule has 0 N–H and O–H groups in total. The molecule has 0 radical (unpaired) electrons. The normalized spacial score (nSPS) is 11.1. The second kappa shape index (κ2) is 4.90. The van der Waals surface area contributed by atoms with Gasteiger partial charge in [0, 0.05) is 17.7 Å². The molecule has 0 unspecified atom stereocenters. The summed E-state index contributed by atoms with van der Waals surface area (Å²) in [6.45, 7) is 1.84. The molecule has 2 aromatic rings. The van der Waals surface area contributed by atoms with Gasteiger partial charge in [0.15, 0.2) is 0 Å². The Morgan fingerprint density at radius 2 is 1.82 bits per heavy atom. The lowest BCUT2D eigenvalue weighted by molar-refractivity contribution is 0.792. The summed E-state index contributed by atoms with van der Waals surface area (Å²) in [7, 11) is 1.75. The third kappa shape index (κ3) is 2.18. The number of hydrogen-bond acceptors (Lipinski definition) is 2. The molecule has 2 rings (SSSR count). The maximum atomic E-state index is 12.1. The van der Waals surface area contributed by atoms with Crippen molar-refractivity contribution in [2.45, 2.75) is 17.6 Å². The summed E-state index contributed by atoms with van der Waals surface area (Å²) in [5, 5.41) is 2.18. The Kier molecular flexibility index (Phi) is 3.68. The van der Waals surface area contributed by atoms with Crippen molar-refractivity contribution in [3.05, 3.63) is 39.4 Å². The number of benzene rings is 1. The van der Waals surface area contributed by atoms with Gasteiger partial charge in [-0.25, -0.2) is 4.98 Å². The highest BCUT2D eigenvalue weighted by Gasteiger charge is 2.09. The van der Waals surface area contributed by atoms with Crippen molar-refractivity contribution in [1.29, 1.82) is 0 Å². The minimum atomic E-state index is 0.0100. The molecule has 0 spiro atoms. The van der Waals surface area contributed by atoms with Crippen molar-refractivity contribution in [2.24, 2.45) is 7.05 Å². The second-order valence-corrected chi connectivity index (χ2v) is 5.05. The van der Waals surface area contributed by atoms with Gasteiger partial charge in [0.05, 0.1) is 10.9 Å². The van der Waals surface area contributed by atoms with Crippen molar-refractivity contribution in [3.8, 4) is 0 Å². The Labute approximate surface area is 116 Å². The van der Waals surface area contributed by atoms with Crippen LogP contribution in [0.2, 0.25) is 0 Å². The fraction of sp³-hybridized carbons (Fsp3) is 0.333. The fourth-order valence-electron chi connectivity index (χ4n) is 1.77. The van der Waals surface area contributed by atoms with Crippen LogP contribution in [0.3, 0.4) is 0 Å². The van der Waals surface area contributed by atoms with Crippen molar-refractivity contribution in [1.82, 2.24) is 9.55 Å². The first kappa shape index (κ1) is 12.8. The SMILES string of the molecule is Cc1nc2cc(CBr)c(CBr)cc2c(=O)n1C. The second-order valence-electron chi connectivity index (χ2n) is 3.93. The van der Waals surface area contributed by atoms with Crippen LogP contribution in [0.15, 0.2) is 16.9 Å². The van der Waals surface area contributed by atoms with Gasteiger partial charge in [0.2, 0.25) is 0 Å². The van der Waals surface area contributed by atoms with E-state index in [9.17, 15) is 4.79 Å². The van der Waals surface area contributed by atoms with Crippen LogP contribution in [-0.2, 0) is 17.7 Å². The molecule has 0 bridgehead atoms. The molecular weight excluding hydrogens is 348 g/mol. The molecule has 0 saturated carbocycles. The number of rotatable bonds is 2. The number of hydrogen-bond donors (Lipinski definition) is 0. The van der Waals surface area contributed by atoms with Gasteiger partial charge < -0.3 is 0 Å². The number of fused-ring (bicyclic) bond motifs is 1. The van der Waals surface area contributed by atoms with Gasteiger partial charge in [-0.2, -0.15) is 0 Å². The zero-order valence-electron chi connectivity index (χ0n) is 9.63. The summed E-state index contributed by atoms with van der Waals surface area (Å²) in [5.41, 5.74) is 3.06. The van der Waals surface area contributed by atoms with Crippen LogP contribution in [0, 0.1) is 6.92 Å². The van der Waals surface area contributed by atoms with Crippen LogP contribution in [0.1, 0.15) is 17.0 Å². The fourth-order valence-corrected chi connectivity index (χ4v) is 2.81. The Balaban J connectivity index is 2.88. The maximum absolute atomic E-state index is 12.1. The average molecular weight is 360 g/mol. The topological polar surface area (TPSA) is 34.9 Å². The molecule has 0 atom stereocenters. The van der Waals surface area contributed by atoms with Gasteiger partial charge in [0.25, 0.3) is 5.56 Å².